The maximum absolute atomic E-state index is 12.2. The Balaban J connectivity index is -0.000000204. The summed E-state index contributed by atoms with van der Waals surface area (Å²) in [6.07, 6.45) is 7.51. The topological polar surface area (TPSA) is 348 Å². The van der Waals surface area contributed by atoms with Crippen LogP contribution in [0.2, 0.25) is 0 Å². The highest BCUT2D eigenvalue weighted by molar-refractivity contribution is 7.47. The zero-order valence-corrected chi connectivity index (χ0v) is 66.2. The van der Waals surface area contributed by atoms with Crippen molar-refractivity contribution in [3.05, 3.63) is 70.8 Å². The van der Waals surface area contributed by atoms with Crippen molar-refractivity contribution >= 4 is 43.8 Å². The summed E-state index contributed by atoms with van der Waals surface area (Å²) in [7, 11) is 7.08. The number of imide groups is 2. The molecular weight excluding hydrogens is 1530 g/mol. The number of fused-ring (bicyclic) bond motifs is 2. The molecule has 0 aliphatic carbocycles. The molecule has 0 spiro atoms. The van der Waals surface area contributed by atoms with Crippen LogP contribution in [0.3, 0.4) is 0 Å². The number of benzene rings is 2. The molecule has 10 rings (SSSR count). The van der Waals surface area contributed by atoms with Gasteiger partial charge >= 0.3 is 5.97 Å². The van der Waals surface area contributed by atoms with Crippen LogP contribution in [0.25, 0.3) is 0 Å². The number of aliphatic hydroxyl groups is 8. The van der Waals surface area contributed by atoms with Gasteiger partial charge in [0.05, 0.1) is 104 Å². The van der Waals surface area contributed by atoms with E-state index < -0.39 is 20.6 Å². The summed E-state index contributed by atoms with van der Waals surface area (Å²) in [4.78, 5) is 91.2. The third-order valence-electron chi connectivity index (χ3n) is 20.9. The van der Waals surface area contributed by atoms with Crippen LogP contribution in [0.4, 0.5) is 0 Å². The van der Waals surface area contributed by atoms with Crippen LogP contribution in [-0.4, -0.2) is 359 Å². The number of carbonyl (C=O) groups is 6. The smallest absolute Gasteiger partial charge is 0.306 e. The Morgan fingerprint density at radius 1 is 0.466 bits per heavy atom. The van der Waals surface area contributed by atoms with Crippen molar-refractivity contribution in [2.75, 3.05) is 179 Å². The molecule has 1 unspecified atom stereocenters. The summed E-state index contributed by atoms with van der Waals surface area (Å²) in [6, 6.07) is 15.5. The quantitative estimate of drug-likeness (QED) is 0.0111. The van der Waals surface area contributed by atoms with E-state index in [-0.39, 0.29) is 218 Å². The molecule has 29 heteroatoms. The Morgan fingerprint density at radius 3 is 1.15 bits per heavy atom. The van der Waals surface area contributed by atoms with Crippen LogP contribution in [0.15, 0.2) is 48.5 Å². The zero-order chi connectivity index (χ0) is 78.2. The van der Waals surface area contributed by atoms with E-state index in [1.807, 2.05) is 38.0 Å². The molecule has 0 radical (unpaired) electrons. The van der Waals surface area contributed by atoms with E-state index in [4.69, 9.17) is 34.4 Å². The number of β-amino-alcohol motifs (C(OH)–C–C–N with tert-alkyl or cyclic N) is 2. The number of rotatable bonds is 32. The van der Waals surface area contributed by atoms with Crippen LogP contribution in [0, 0.1) is 35.0 Å². The number of amides is 4. The van der Waals surface area contributed by atoms with Crippen LogP contribution in [0.5, 0.6) is 0 Å². The Bertz CT molecular complexity index is 2940. The lowest BCUT2D eigenvalue weighted by Crippen LogP contribution is -2.43. The van der Waals surface area contributed by atoms with E-state index in [2.05, 4.69) is 77.0 Å². The van der Waals surface area contributed by atoms with E-state index >= 15 is 0 Å². The second-order valence-corrected chi connectivity index (χ2v) is 31.0. The first kappa shape index (κ1) is 129. The molecule has 2 aromatic carbocycles. The largest absolute Gasteiger partial charge is 0.461 e. The second kappa shape index (κ2) is 67.5. The molecule has 13 atom stereocenters. The minimum atomic E-state index is -1.11. The summed E-state index contributed by atoms with van der Waals surface area (Å²) in [5, 5.41) is 83.3. The molecule has 4 amide bonds. The number of carbonyl (C=O) groups excluding carboxylic acids is 6. The standard InChI is InChI=1S/C17H35N4O2P.2C15H18N2O4.C14H25NO3.2C8H17NO2.12CH4/c1-7-11-21-13-15(8-2)16(14-21)23-24(22-12-9-10-18)17(19(3)4)20(5)6;18-9-10-7-16(8-13(10)19)5-6-17-14(20)11-3-1-2-4-12(11)15(17)21;18-9-12-13(19)5-6-16(12)7-8-17-14(20)10-3-1-2-4-11(10)15(17)21;1-4-8-15-9-12(5-2)13(10-15)18-14(17)7-6-11(3)16;1-2-4-9-5-3-8(11)7(9)6-10;1-2-3-9-4-7(6-10)8(11)5-9;;;;;;;;;;;;/h15-17H,7-9,11-14H2,1-6H3;1-4,10,13,18-19H,5-9H2;1-4,12-13,18-19H,5-9H2;12-13H,4-10H2,1-3H3;2*7-8,10-11H,2-6H2,1H3;12*1H4/t15-,16+,24?;10-,13-;12-,13-;12-,13+;2*7-,8-;;;;;;;;;;;;/m101110............/s1. The minimum Gasteiger partial charge on any atom is -0.461 e. The predicted molar refractivity (Wildman–Crippen MR) is 487 cm³/mol. The molecule has 28 nitrogen and oxygen atoms in total. The molecule has 0 bridgehead atoms. The van der Waals surface area contributed by atoms with Gasteiger partial charge in [-0.2, -0.15) is 5.26 Å². The number of nitrogens with zero attached hydrogens (tertiary/aromatic N) is 11. The normalized spacial score (nSPS) is 23.7. The van der Waals surface area contributed by atoms with Crippen LogP contribution in [0.1, 0.15) is 250 Å². The maximum atomic E-state index is 12.2. The van der Waals surface area contributed by atoms with Gasteiger partial charge in [-0.25, -0.2) is 0 Å². The van der Waals surface area contributed by atoms with Gasteiger partial charge in [0, 0.05) is 129 Å². The van der Waals surface area contributed by atoms with Gasteiger partial charge in [-0.15, -0.1) is 0 Å². The third kappa shape index (κ3) is 38.4. The van der Waals surface area contributed by atoms with Crippen LogP contribution < -0.4 is 0 Å². The lowest BCUT2D eigenvalue weighted by atomic mass is 10.0. The first-order valence-electron chi connectivity index (χ1n) is 38.7. The number of nitriles is 1. The predicted octanol–water partition coefficient (Wildman–Crippen LogP) is 11.2. The second-order valence-electron chi connectivity index (χ2n) is 29.5. The average molecular weight is 1710 g/mol. The van der Waals surface area contributed by atoms with E-state index in [0.29, 0.717) is 99.2 Å². The summed E-state index contributed by atoms with van der Waals surface area (Å²) in [5.74, 6) is -0.214. The van der Waals surface area contributed by atoms with Crippen molar-refractivity contribution in [2.45, 2.75) is 263 Å². The first-order valence-corrected chi connectivity index (χ1v) is 40.0. The van der Waals surface area contributed by atoms with Crippen LogP contribution >= 0.6 is 8.38 Å². The number of aliphatic hydroxyl groups excluding tert-OH is 8. The lowest BCUT2D eigenvalue weighted by Gasteiger charge is -2.37. The van der Waals surface area contributed by atoms with Gasteiger partial charge in [0.2, 0.25) is 8.38 Å². The highest BCUT2D eigenvalue weighted by Crippen LogP contribution is 2.49. The van der Waals surface area contributed by atoms with Crippen molar-refractivity contribution in [3.63, 3.8) is 0 Å². The van der Waals surface area contributed by atoms with E-state index in [9.17, 15) is 54.3 Å². The van der Waals surface area contributed by atoms with Crippen LogP contribution in [-0.2, 0) is 23.4 Å². The molecule has 0 aromatic heterocycles. The minimum absolute atomic E-state index is 0. The molecule has 8 N–H and O–H groups in total. The van der Waals surface area contributed by atoms with E-state index in [1.54, 1.807) is 48.5 Å². The Labute approximate surface area is 720 Å². The SMILES string of the molecule is C.C.C.C.C.C.C.C.C.C.C.C.CCCN1CC[C@@H](O)[C@H]1CO.CCCN1C[C@@H](CC)[C@@H](OC(=O)CCC(C)=O)C1.CCCN1C[C@@H](CC)[C@@H](OP(OCCC#N)C(N(C)C)N(C)C)C1.CCCN1C[C@@H](CO)[C@@H](O)C1.O=C1c2ccccc2C(=O)N1CCN1CC[C@@H](O)[C@H]1CO.O=C1c2ccccc2C(=O)N1CCN1C[C@@H](CO)[C@@H](O)C1. The summed E-state index contributed by atoms with van der Waals surface area (Å²) < 4.78 is 18.1. The molecule has 8 aliphatic heterocycles. The molecule has 2 aromatic rings. The number of hydrogen-bond acceptors (Lipinski definition) is 26. The van der Waals surface area contributed by atoms with Gasteiger partial charge in [0.25, 0.3) is 23.6 Å². The van der Waals surface area contributed by atoms with Gasteiger partial charge in [-0.05, 0) is 143 Å². The number of hydrogen-bond donors (Lipinski definition) is 8. The van der Waals surface area contributed by atoms with Crippen molar-refractivity contribution in [1.82, 2.24) is 49.0 Å². The van der Waals surface area contributed by atoms with Gasteiger partial charge in [0.1, 0.15) is 17.8 Å². The Morgan fingerprint density at radius 2 is 0.814 bits per heavy atom. The highest BCUT2D eigenvalue weighted by Gasteiger charge is 2.42. The molecular formula is C89H178N11O17P. The molecule has 6 fully saturated rings. The zero-order valence-electron chi connectivity index (χ0n) is 65.3. The summed E-state index contributed by atoms with van der Waals surface area (Å²) in [6.45, 7) is 28.9. The fraction of sp³-hybridized carbons (Fsp3) is 0.787. The molecule has 118 heavy (non-hydrogen) atoms. The third-order valence-corrected chi connectivity index (χ3v) is 23.1. The Hall–Kier alpha value is -4.94. The molecule has 8 heterocycles. The lowest BCUT2D eigenvalue weighted by molar-refractivity contribution is -0.151. The molecule has 0 saturated carbocycles. The Kier molecular flexibility index (Phi) is 73.6. The molecule has 696 valence electrons. The fourth-order valence-corrected chi connectivity index (χ4v) is 16.9. The van der Waals surface area contributed by atoms with Crippen molar-refractivity contribution < 1.29 is 83.4 Å². The summed E-state index contributed by atoms with van der Waals surface area (Å²) >= 11 is 0. The van der Waals surface area contributed by atoms with Crippen molar-refractivity contribution in [3.8, 4) is 6.07 Å². The number of esters is 1. The van der Waals surface area contributed by atoms with Crippen molar-refractivity contribution in [2.24, 2.45) is 23.7 Å². The van der Waals surface area contributed by atoms with Gasteiger partial charge in [0.15, 0.2) is 0 Å². The van der Waals surface area contributed by atoms with E-state index in [1.165, 1.54) is 23.1 Å². The first-order chi connectivity index (χ1) is 50.8. The number of Topliss-reactive ketones (excluding diaryl/α,β-unsaturated/α-hetero) is 1. The van der Waals surface area contributed by atoms with Gasteiger partial charge in [-0.3, -0.25) is 63.2 Å². The average Bonchev–Trinajstić information content (AvgIpc) is 1.63. The monoisotopic (exact) mass is 1700 g/mol. The molecule has 6 saturated heterocycles. The number of ether oxygens (including phenoxy) is 1. The summed E-state index contributed by atoms with van der Waals surface area (Å²) in [5.41, 5.74) is 1.81. The molecule has 8 aliphatic rings. The fourth-order valence-electron chi connectivity index (χ4n) is 15.1. The maximum Gasteiger partial charge on any atom is 0.306 e. The van der Waals surface area contributed by atoms with Gasteiger partial charge < -0.3 is 69.2 Å². The number of likely N-dealkylation sites (tertiary alicyclic amines) is 6. The number of ketones is 1. The highest BCUT2D eigenvalue weighted by atomic mass is 31.2. The van der Waals surface area contributed by atoms with Gasteiger partial charge in [-0.1, -0.05) is 155 Å². The van der Waals surface area contributed by atoms with E-state index in [0.717, 1.165) is 111 Å². The van der Waals surface area contributed by atoms with Crippen molar-refractivity contribution in [1.29, 1.82) is 5.26 Å².